The smallest absolute Gasteiger partial charge is 0.341 e. The predicted molar refractivity (Wildman–Crippen MR) is 203 cm³/mol. The average Bonchev–Trinajstić information content (AvgIpc) is 3.44. The Morgan fingerprint density at radius 1 is 1.00 bits per heavy atom. The first kappa shape index (κ1) is 37.1. The number of Topliss-reactive ketones (excluding diaryl/α,β-unsaturated/α-hetero) is 1. The van der Waals surface area contributed by atoms with Crippen LogP contribution in [0.5, 0.6) is 0 Å². The molecule has 0 amide bonds. The quantitative estimate of drug-likeness (QED) is 0.204. The maximum atomic E-state index is 14.2. The summed E-state index contributed by atoms with van der Waals surface area (Å²) in [6.07, 6.45) is 12.8. The van der Waals surface area contributed by atoms with Gasteiger partial charge in [-0.3, -0.25) is 20.4 Å². The van der Waals surface area contributed by atoms with Crippen molar-refractivity contribution < 1.29 is 33.6 Å². The van der Waals surface area contributed by atoms with Crippen molar-refractivity contribution in [3.8, 4) is 0 Å². The first-order chi connectivity index (χ1) is 26.4. The fourth-order valence-electron chi connectivity index (χ4n) is 13.5. The summed E-state index contributed by atoms with van der Waals surface area (Å²) in [5.74, 6) is 0.644. The van der Waals surface area contributed by atoms with Gasteiger partial charge in [0, 0.05) is 61.3 Å². The minimum atomic E-state index is -0.927. The van der Waals surface area contributed by atoms with Gasteiger partial charge in [0.25, 0.3) is 0 Å². The van der Waals surface area contributed by atoms with Crippen molar-refractivity contribution in [1.29, 1.82) is 0 Å². The van der Waals surface area contributed by atoms with Crippen molar-refractivity contribution in [3.05, 3.63) is 24.0 Å². The number of nitrogens with two attached hydrogens (primary N) is 2. The van der Waals surface area contributed by atoms with Gasteiger partial charge in [-0.05, 0) is 108 Å². The first-order valence-corrected chi connectivity index (χ1v) is 21.5. The molecule has 0 aromatic carbocycles. The van der Waals surface area contributed by atoms with Gasteiger partial charge in [0.1, 0.15) is 17.5 Å². The van der Waals surface area contributed by atoms with E-state index in [1.807, 2.05) is 27.0 Å². The van der Waals surface area contributed by atoms with Crippen molar-refractivity contribution in [2.75, 3.05) is 13.1 Å². The monoisotopic (exact) mass is 762 g/mol. The highest BCUT2D eigenvalue weighted by molar-refractivity contribution is 6.07. The van der Waals surface area contributed by atoms with Crippen LogP contribution in [-0.2, 0) is 28.5 Å². The molecule has 0 bridgehead atoms. The van der Waals surface area contributed by atoms with Gasteiger partial charge in [-0.25, -0.2) is 4.79 Å². The molecule has 8 heterocycles. The minimum absolute atomic E-state index is 0.0314. The Bertz CT molecular complexity index is 1650. The Labute approximate surface area is 324 Å². The fourth-order valence-corrected chi connectivity index (χ4v) is 13.5. The molecule has 10 aliphatic rings. The number of allylic oxidation sites excluding steroid dienone is 1. The van der Waals surface area contributed by atoms with E-state index in [0.29, 0.717) is 55.0 Å². The normalized spacial score (nSPS) is 50.9. The number of epoxide rings is 1. The van der Waals surface area contributed by atoms with Gasteiger partial charge in [-0.15, -0.1) is 0 Å². The third-order valence-corrected chi connectivity index (χ3v) is 15.9. The van der Waals surface area contributed by atoms with Gasteiger partial charge in [0.2, 0.25) is 0 Å². The molecule has 7 N–H and O–H groups in total. The number of aliphatic imine (C=N–C) groups is 1. The molecule has 14 unspecified atom stereocenters. The molecule has 13 heteroatoms. The highest BCUT2D eigenvalue weighted by Gasteiger charge is 2.67. The molecular formula is C42H62N6O7. The molecule has 1 spiro atoms. The largest absolute Gasteiger partial charge is 0.457 e. The number of ether oxygens (including phenoxy) is 4. The molecule has 0 aromatic heterocycles. The van der Waals surface area contributed by atoms with Crippen LogP contribution in [-0.4, -0.2) is 113 Å². The summed E-state index contributed by atoms with van der Waals surface area (Å²) in [7, 11) is 0. The third-order valence-electron chi connectivity index (χ3n) is 15.9. The number of carbonyl (C=O) groups excluding carboxylic acids is 2. The van der Waals surface area contributed by atoms with E-state index in [0.717, 1.165) is 70.2 Å². The number of aliphatic hydroxyl groups is 1. The number of hydrogen-bond acceptors (Lipinski definition) is 13. The molecule has 13 nitrogen and oxygen atoms in total. The Hall–Kier alpha value is -2.23. The molecule has 18 atom stereocenters. The molecule has 0 aromatic rings. The lowest BCUT2D eigenvalue weighted by Gasteiger charge is -2.57. The molecule has 8 aliphatic heterocycles. The number of nitrogens with one attached hydrogen (secondary N) is 2. The van der Waals surface area contributed by atoms with Crippen molar-refractivity contribution in [3.63, 3.8) is 0 Å². The Morgan fingerprint density at radius 3 is 2.67 bits per heavy atom. The highest BCUT2D eigenvalue weighted by atomic mass is 16.7. The Balaban J connectivity index is 0.788. The van der Waals surface area contributed by atoms with Crippen LogP contribution in [0.2, 0.25) is 0 Å². The summed E-state index contributed by atoms with van der Waals surface area (Å²) in [5.41, 5.74) is 14.3. The highest BCUT2D eigenvalue weighted by Crippen LogP contribution is 2.55. The van der Waals surface area contributed by atoms with Crippen LogP contribution in [0.25, 0.3) is 0 Å². The molecule has 2 saturated carbocycles. The molecule has 55 heavy (non-hydrogen) atoms. The average molecular weight is 763 g/mol. The summed E-state index contributed by atoms with van der Waals surface area (Å²) in [6.45, 7) is 7.67. The number of rotatable bonds is 5. The second-order valence-corrected chi connectivity index (χ2v) is 19.6. The summed E-state index contributed by atoms with van der Waals surface area (Å²) in [5, 5.41) is 19.4. The van der Waals surface area contributed by atoms with E-state index in [2.05, 4.69) is 32.8 Å². The zero-order valence-electron chi connectivity index (χ0n) is 32.7. The van der Waals surface area contributed by atoms with E-state index in [-0.39, 0.29) is 60.3 Å². The van der Waals surface area contributed by atoms with Crippen molar-refractivity contribution in [2.45, 2.75) is 164 Å². The Morgan fingerprint density at radius 2 is 1.84 bits per heavy atom. The molecule has 302 valence electrons. The number of esters is 1. The Kier molecular flexibility index (Phi) is 9.22. The van der Waals surface area contributed by atoms with Crippen molar-refractivity contribution >= 4 is 17.5 Å². The SMILES string of the molecule is CC1CC(=O)C2C(CC3OC(C)(C)[C@@H]4OC(=O)[C@]5(CCC[C@@H]4C3C2O)O[C@@H]5CCC2CC(N)NC3C2CCC2C(N)NC(CN4C=C5C=CN=C5C4)CC23)O1. The van der Waals surface area contributed by atoms with Gasteiger partial charge >= 0.3 is 5.97 Å². The van der Waals surface area contributed by atoms with Crippen LogP contribution >= 0.6 is 0 Å². The lowest BCUT2D eigenvalue weighted by atomic mass is 9.60. The summed E-state index contributed by atoms with van der Waals surface area (Å²) in [4.78, 5) is 34.2. The minimum Gasteiger partial charge on any atom is -0.457 e. The van der Waals surface area contributed by atoms with Gasteiger partial charge in [0.05, 0.1) is 61.0 Å². The van der Waals surface area contributed by atoms with Gasteiger partial charge in [-0.1, -0.05) is 0 Å². The number of hydrogen-bond donors (Lipinski definition) is 5. The van der Waals surface area contributed by atoms with E-state index in [1.165, 1.54) is 5.57 Å². The lowest BCUT2D eigenvalue weighted by Crippen LogP contribution is -2.67. The number of carbonyl (C=O) groups is 2. The van der Waals surface area contributed by atoms with Crippen LogP contribution in [0.1, 0.15) is 91.4 Å². The van der Waals surface area contributed by atoms with E-state index in [9.17, 15) is 14.7 Å². The number of piperidine rings is 2. The standard InChI is InChI=1S/C42H62N6O7/c1-20-13-29(49)35-30(52-20)16-31-34(37(35)50)26-5-4-11-42(40(51)53-38(26)41(2,3)54-31)32(55-42)9-6-21-14-33(43)47-36-24(21)7-8-25-27(36)15-23(46-39(25)44)18-48-17-22-10-12-45-28(22)19-48/h10,12,17,20-21,23-27,30-39,46-47,50H,4-9,11,13-16,18-19,43-44H2,1-3H3/t20?,21?,23?,24?,25?,26-,27?,30?,31?,32-,33?,34?,35?,36?,37?,38-,39?,42-/m1/s1. The van der Waals surface area contributed by atoms with Crippen LogP contribution in [0.3, 0.4) is 0 Å². The number of nitrogens with zero attached hydrogens (tertiary/aromatic N) is 2. The van der Waals surface area contributed by atoms with Gasteiger partial charge in [-0.2, -0.15) is 0 Å². The summed E-state index contributed by atoms with van der Waals surface area (Å²) >= 11 is 0. The van der Waals surface area contributed by atoms with E-state index in [4.69, 9.17) is 30.4 Å². The molecule has 10 rings (SSSR count). The van der Waals surface area contributed by atoms with Crippen LogP contribution in [0, 0.1) is 41.4 Å². The molecule has 8 fully saturated rings. The van der Waals surface area contributed by atoms with E-state index in [1.54, 1.807) is 0 Å². The number of ketones is 1. The molecule has 0 radical (unpaired) electrons. The molecular weight excluding hydrogens is 700 g/mol. The van der Waals surface area contributed by atoms with Crippen molar-refractivity contribution in [2.24, 2.45) is 57.9 Å². The second-order valence-electron chi connectivity index (χ2n) is 19.6. The van der Waals surface area contributed by atoms with Crippen molar-refractivity contribution in [1.82, 2.24) is 15.5 Å². The zero-order valence-corrected chi connectivity index (χ0v) is 32.7. The maximum absolute atomic E-state index is 14.2. The summed E-state index contributed by atoms with van der Waals surface area (Å²) in [6, 6.07) is 0.625. The van der Waals surface area contributed by atoms with E-state index >= 15 is 0 Å². The molecule has 6 saturated heterocycles. The molecule has 2 aliphatic carbocycles. The maximum Gasteiger partial charge on any atom is 0.341 e. The van der Waals surface area contributed by atoms with E-state index < -0.39 is 29.3 Å². The lowest BCUT2D eigenvalue weighted by molar-refractivity contribution is -0.280. The summed E-state index contributed by atoms with van der Waals surface area (Å²) < 4.78 is 25.7. The van der Waals surface area contributed by atoms with Crippen LogP contribution < -0.4 is 22.1 Å². The second kappa shape index (κ2) is 13.7. The van der Waals surface area contributed by atoms with Gasteiger partial charge < -0.3 is 40.4 Å². The first-order valence-electron chi connectivity index (χ1n) is 21.5. The number of fused-ring (bicyclic) bond motifs is 8. The zero-order chi connectivity index (χ0) is 38.0. The van der Waals surface area contributed by atoms with Gasteiger partial charge in [0.15, 0.2) is 5.60 Å². The topological polar surface area (TPSA) is 186 Å². The predicted octanol–water partition coefficient (Wildman–Crippen LogP) is 2.26. The number of aliphatic hydroxyl groups excluding tert-OH is 1. The fraction of sp³-hybridized carbons (Fsp3) is 0.833. The van der Waals surface area contributed by atoms with Crippen LogP contribution in [0.15, 0.2) is 29.0 Å². The third kappa shape index (κ3) is 6.29. The van der Waals surface area contributed by atoms with Crippen LogP contribution in [0.4, 0.5) is 0 Å².